The van der Waals surface area contributed by atoms with E-state index < -0.39 is 0 Å². The molecule has 2 rings (SSSR count). The molecule has 1 atom stereocenters. The number of allylic oxidation sites excluding steroid dienone is 4. The number of likely N-dealkylation sites (tertiary alicyclic amines) is 1. The molecule has 142 valence electrons. The number of fused-ring (bicyclic) bond motifs is 1. The van der Waals surface area contributed by atoms with Crippen molar-refractivity contribution in [3.05, 3.63) is 35.5 Å². The van der Waals surface area contributed by atoms with E-state index in [0.29, 0.717) is 0 Å². The van der Waals surface area contributed by atoms with Gasteiger partial charge in [0.05, 0.1) is 0 Å². The van der Waals surface area contributed by atoms with Crippen LogP contribution in [0.2, 0.25) is 0 Å². The van der Waals surface area contributed by atoms with Crippen LogP contribution < -0.4 is 0 Å². The molecular weight excluding hydrogens is 302 g/mol. The molecule has 0 spiro atoms. The Kier molecular flexibility index (Phi) is 10.3. The van der Waals surface area contributed by atoms with E-state index in [2.05, 4.69) is 43.1 Å². The van der Waals surface area contributed by atoms with Crippen molar-refractivity contribution in [2.45, 2.75) is 103 Å². The minimum Gasteiger partial charge on any atom is -0.292 e. The van der Waals surface area contributed by atoms with E-state index in [0.717, 1.165) is 12.5 Å². The smallest absolute Gasteiger partial charge is 0.0243 e. The zero-order valence-corrected chi connectivity index (χ0v) is 16.9. The van der Waals surface area contributed by atoms with E-state index in [1.165, 1.54) is 90.1 Å². The summed E-state index contributed by atoms with van der Waals surface area (Å²) in [6.45, 7) is 7.00. The molecule has 25 heavy (non-hydrogen) atoms. The van der Waals surface area contributed by atoms with Gasteiger partial charge in [-0.15, -0.1) is 0 Å². The molecule has 2 aliphatic rings. The van der Waals surface area contributed by atoms with Crippen molar-refractivity contribution in [2.75, 3.05) is 13.1 Å². The quantitative estimate of drug-likeness (QED) is 0.319. The van der Waals surface area contributed by atoms with Crippen LogP contribution in [0.3, 0.4) is 0 Å². The summed E-state index contributed by atoms with van der Waals surface area (Å²) in [5, 5.41) is 0. The fraction of sp³-hybridized carbons (Fsp3) is 0.750. The first-order chi connectivity index (χ1) is 12.3. The molecule has 1 heteroatoms. The van der Waals surface area contributed by atoms with E-state index in [1.807, 2.05) is 0 Å². The molecule has 1 nitrogen and oxygen atoms in total. The zero-order valence-electron chi connectivity index (χ0n) is 16.9. The second-order valence-electron chi connectivity index (χ2n) is 8.05. The third kappa shape index (κ3) is 7.52. The monoisotopic (exact) mass is 343 g/mol. The van der Waals surface area contributed by atoms with Crippen molar-refractivity contribution in [1.82, 2.24) is 4.90 Å². The highest BCUT2D eigenvalue weighted by Crippen LogP contribution is 2.29. The molecule has 0 amide bonds. The molecule has 0 bridgehead atoms. The third-order valence-electron chi connectivity index (χ3n) is 5.89. The summed E-state index contributed by atoms with van der Waals surface area (Å²) >= 11 is 0. The minimum atomic E-state index is 0.806. The topological polar surface area (TPSA) is 3.24 Å². The number of nitrogens with zero attached hydrogens (tertiary/aromatic N) is 1. The van der Waals surface area contributed by atoms with Crippen LogP contribution >= 0.6 is 0 Å². The number of unbranched alkanes of at least 4 members (excludes halogenated alkanes) is 8. The standard InChI is InChI=1S/C24H41N/c1-3-5-7-9-10-15-19-24(18-14-8-6-4-2)25-20-22-16-12-11-13-17-23(22)21-25/h11-12,16-17,24H,3-10,13-15,18-21H2,1-2H3. The molecule has 0 N–H and O–H groups in total. The van der Waals surface area contributed by atoms with Gasteiger partial charge in [-0.25, -0.2) is 0 Å². The fourth-order valence-electron chi connectivity index (χ4n) is 4.26. The van der Waals surface area contributed by atoms with Crippen LogP contribution in [0.5, 0.6) is 0 Å². The molecule has 1 saturated heterocycles. The van der Waals surface area contributed by atoms with Crippen molar-refractivity contribution in [2.24, 2.45) is 0 Å². The van der Waals surface area contributed by atoms with Crippen LogP contribution in [0.25, 0.3) is 0 Å². The second-order valence-corrected chi connectivity index (χ2v) is 8.05. The van der Waals surface area contributed by atoms with Gasteiger partial charge in [0.25, 0.3) is 0 Å². The Morgan fingerprint density at radius 3 is 2.12 bits per heavy atom. The Morgan fingerprint density at radius 1 is 0.800 bits per heavy atom. The van der Waals surface area contributed by atoms with E-state index in [4.69, 9.17) is 0 Å². The summed E-state index contributed by atoms with van der Waals surface area (Å²) in [6.07, 6.45) is 27.4. The maximum atomic E-state index is 2.79. The zero-order chi connectivity index (χ0) is 17.7. The van der Waals surface area contributed by atoms with Gasteiger partial charge < -0.3 is 0 Å². The molecule has 0 aromatic carbocycles. The van der Waals surface area contributed by atoms with E-state index in [1.54, 1.807) is 11.1 Å². The lowest BCUT2D eigenvalue weighted by molar-refractivity contribution is 0.219. The van der Waals surface area contributed by atoms with E-state index in [-0.39, 0.29) is 0 Å². The normalized spacial score (nSPS) is 18.6. The lowest BCUT2D eigenvalue weighted by Gasteiger charge is -2.27. The highest BCUT2D eigenvalue weighted by atomic mass is 15.2. The Morgan fingerprint density at radius 2 is 1.40 bits per heavy atom. The highest BCUT2D eigenvalue weighted by molar-refractivity contribution is 5.42. The van der Waals surface area contributed by atoms with Crippen LogP contribution in [0.1, 0.15) is 97.3 Å². The Hall–Kier alpha value is -0.820. The summed E-state index contributed by atoms with van der Waals surface area (Å²) in [7, 11) is 0. The first-order valence-corrected chi connectivity index (χ1v) is 11.1. The first kappa shape index (κ1) is 20.5. The van der Waals surface area contributed by atoms with Crippen molar-refractivity contribution in [1.29, 1.82) is 0 Å². The van der Waals surface area contributed by atoms with Crippen molar-refractivity contribution in [3.63, 3.8) is 0 Å². The summed E-state index contributed by atoms with van der Waals surface area (Å²) in [4.78, 5) is 2.79. The summed E-state index contributed by atoms with van der Waals surface area (Å²) in [5.74, 6) is 0. The van der Waals surface area contributed by atoms with Crippen LogP contribution in [0.15, 0.2) is 35.5 Å². The molecular formula is C24H41N. The van der Waals surface area contributed by atoms with Crippen molar-refractivity contribution < 1.29 is 0 Å². The van der Waals surface area contributed by atoms with Gasteiger partial charge in [0.15, 0.2) is 0 Å². The number of hydrogen-bond donors (Lipinski definition) is 0. The predicted molar refractivity (Wildman–Crippen MR) is 112 cm³/mol. The van der Waals surface area contributed by atoms with Crippen LogP contribution in [-0.4, -0.2) is 24.0 Å². The van der Waals surface area contributed by atoms with Gasteiger partial charge in [-0.1, -0.05) is 102 Å². The van der Waals surface area contributed by atoms with Gasteiger partial charge >= 0.3 is 0 Å². The molecule has 0 radical (unpaired) electrons. The molecule has 0 aromatic rings. The highest BCUT2D eigenvalue weighted by Gasteiger charge is 2.27. The first-order valence-electron chi connectivity index (χ1n) is 11.1. The maximum Gasteiger partial charge on any atom is 0.0243 e. The lowest BCUT2D eigenvalue weighted by atomic mass is 9.99. The number of rotatable bonds is 13. The van der Waals surface area contributed by atoms with E-state index >= 15 is 0 Å². The summed E-state index contributed by atoms with van der Waals surface area (Å²) in [5.41, 5.74) is 3.18. The fourth-order valence-corrected chi connectivity index (χ4v) is 4.26. The molecule has 1 unspecified atom stereocenters. The van der Waals surface area contributed by atoms with Gasteiger partial charge in [0.2, 0.25) is 0 Å². The Labute approximate surface area is 157 Å². The molecule has 1 aliphatic heterocycles. The molecule has 1 fully saturated rings. The predicted octanol–water partition coefficient (Wildman–Crippen LogP) is 7.20. The molecule has 0 saturated carbocycles. The lowest BCUT2D eigenvalue weighted by Crippen LogP contribution is -2.33. The minimum absolute atomic E-state index is 0.806. The van der Waals surface area contributed by atoms with Gasteiger partial charge in [-0.2, -0.15) is 0 Å². The average molecular weight is 344 g/mol. The maximum absolute atomic E-state index is 2.79. The Balaban J connectivity index is 1.81. The van der Waals surface area contributed by atoms with Crippen molar-refractivity contribution >= 4 is 0 Å². The van der Waals surface area contributed by atoms with Crippen LogP contribution in [0, 0.1) is 0 Å². The largest absolute Gasteiger partial charge is 0.292 e. The van der Waals surface area contributed by atoms with Gasteiger partial charge in [0.1, 0.15) is 0 Å². The third-order valence-corrected chi connectivity index (χ3v) is 5.89. The van der Waals surface area contributed by atoms with Gasteiger partial charge in [-0.05, 0) is 30.4 Å². The van der Waals surface area contributed by atoms with E-state index in [9.17, 15) is 0 Å². The number of hydrogen-bond acceptors (Lipinski definition) is 1. The van der Waals surface area contributed by atoms with Gasteiger partial charge in [-0.3, -0.25) is 4.90 Å². The molecule has 0 aromatic heterocycles. The molecule has 1 aliphatic carbocycles. The summed E-state index contributed by atoms with van der Waals surface area (Å²) in [6, 6.07) is 0.806. The Bertz CT molecular complexity index is 443. The average Bonchev–Trinajstić information content (AvgIpc) is 2.90. The second kappa shape index (κ2) is 12.5. The molecule has 1 heterocycles. The van der Waals surface area contributed by atoms with Crippen LogP contribution in [-0.2, 0) is 0 Å². The summed E-state index contributed by atoms with van der Waals surface area (Å²) < 4.78 is 0. The van der Waals surface area contributed by atoms with Crippen molar-refractivity contribution in [3.8, 4) is 0 Å². The SMILES string of the molecule is CCCCCCCCC(CCCCCC)N1CC2=CC=CCC=C2C1. The van der Waals surface area contributed by atoms with Crippen LogP contribution in [0.4, 0.5) is 0 Å². The van der Waals surface area contributed by atoms with Gasteiger partial charge in [0, 0.05) is 19.1 Å².